The zero-order valence-electron chi connectivity index (χ0n) is 25.8. The van der Waals surface area contributed by atoms with E-state index in [2.05, 4.69) is 37.3 Å². The van der Waals surface area contributed by atoms with Crippen molar-refractivity contribution in [2.75, 3.05) is 6.61 Å². The molecule has 6 heteroatoms. The van der Waals surface area contributed by atoms with Gasteiger partial charge in [-0.3, -0.25) is 8.98 Å². The lowest BCUT2D eigenvalue weighted by molar-refractivity contribution is -0.129. The Morgan fingerprint density at radius 3 is 2.55 bits per heavy atom. The number of ketones is 1. The molecule has 1 saturated carbocycles. The first-order valence-corrected chi connectivity index (χ1v) is 17.7. The van der Waals surface area contributed by atoms with Gasteiger partial charge in [0.2, 0.25) is 0 Å². The molecule has 0 unspecified atom stereocenters. The highest BCUT2D eigenvalue weighted by molar-refractivity contribution is 7.86. The van der Waals surface area contributed by atoms with E-state index in [4.69, 9.17) is 8.92 Å². The molecule has 44 heavy (non-hydrogen) atoms. The molecule has 1 fully saturated rings. The van der Waals surface area contributed by atoms with Gasteiger partial charge in [-0.2, -0.15) is 8.42 Å². The zero-order valence-corrected chi connectivity index (χ0v) is 26.6. The van der Waals surface area contributed by atoms with Gasteiger partial charge in [0.25, 0.3) is 10.1 Å². The Hall–Kier alpha value is -3.22. The first-order valence-electron chi connectivity index (χ1n) is 16.3. The lowest BCUT2D eigenvalue weighted by atomic mass is 9.50. The molecule has 5 atom stereocenters. The van der Waals surface area contributed by atoms with Gasteiger partial charge < -0.3 is 4.74 Å². The Kier molecular flexibility index (Phi) is 7.78. The van der Waals surface area contributed by atoms with Gasteiger partial charge in [-0.1, -0.05) is 79.4 Å². The number of carbonyl (C=O) groups excluding carboxylic acids is 1. The maximum atomic E-state index is 13.4. The number of ether oxygens (including phenoxy) is 1. The topological polar surface area (TPSA) is 69.7 Å². The van der Waals surface area contributed by atoms with Crippen LogP contribution in [-0.4, -0.2) is 20.8 Å². The van der Waals surface area contributed by atoms with Crippen molar-refractivity contribution in [2.45, 2.75) is 82.6 Å². The Morgan fingerprint density at radius 2 is 1.75 bits per heavy atom. The summed E-state index contributed by atoms with van der Waals surface area (Å²) in [6, 6.07) is 23.8. The highest BCUT2D eigenvalue weighted by Crippen LogP contribution is 2.68. The maximum absolute atomic E-state index is 13.4. The monoisotopic (exact) mass is 610 g/mol. The smallest absolute Gasteiger partial charge is 0.296 e. The second kappa shape index (κ2) is 11.6. The molecule has 3 aromatic rings. The number of Topliss-reactive ketones (excluding diaryl/α,β-unsaturated/α-hetero) is 1. The molecule has 230 valence electrons. The summed E-state index contributed by atoms with van der Waals surface area (Å²) in [6.07, 6.45) is 7.67. The van der Waals surface area contributed by atoms with Crippen molar-refractivity contribution >= 4 is 15.9 Å². The number of hydrogen-bond acceptors (Lipinski definition) is 5. The molecule has 0 aliphatic heterocycles. The Bertz CT molecular complexity index is 1690. The molecule has 0 bridgehead atoms. The van der Waals surface area contributed by atoms with Gasteiger partial charge in [-0.05, 0) is 116 Å². The zero-order chi connectivity index (χ0) is 30.5. The van der Waals surface area contributed by atoms with Crippen LogP contribution in [0, 0.1) is 30.1 Å². The maximum Gasteiger partial charge on any atom is 0.296 e. The van der Waals surface area contributed by atoms with E-state index in [1.165, 1.54) is 16.7 Å². The molecular weight excluding hydrogens is 568 g/mol. The van der Waals surface area contributed by atoms with Gasteiger partial charge >= 0.3 is 0 Å². The summed E-state index contributed by atoms with van der Waals surface area (Å²) in [5.41, 5.74) is 7.39. The lowest BCUT2D eigenvalue weighted by Gasteiger charge is -2.52. The van der Waals surface area contributed by atoms with Crippen molar-refractivity contribution < 1.29 is 22.1 Å². The number of fused-ring (bicyclic) bond motifs is 6. The first kappa shape index (κ1) is 29.5. The molecule has 0 radical (unpaired) electrons. The van der Waals surface area contributed by atoms with E-state index in [-0.39, 0.29) is 16.9 Å². The second-order valence-electron chi connectivity index (χ2n) is 13.7. The van der Waals surface area contributed by atoms with Crippen molar-refractivity contribution in [1.82, 2.24) is 0 Å². The Balaban J connectivity index is 1.04. The number of benzene rings is 3. The summed E-state index contributed by atoms with van der Waals surface area (Å²) in [7, 11) is -3.73. The number of unbranched alkanes of at least 4 members (excludes halogenated alkanes) is 2. The summed E-state index contributed by atoms with van der Waals surface area (Å²) >= 11 is 0. The standard InChI is InChI=1S/C38H42O5S/c1-25-12-15-30(16-13-25)44(40,41)43-20-8-4-7-11-27-21-28-22-29(42-24-26-9-5-3-6-10-26)14-17-31(28)32-18-19-38(2)36(35(27)32)33-23-34(33)37(38)39/h3,5-6,9-10,12-17,22,27,32,35-36H,4,7-8,11,18-21,23-24H2,1-2H3/t27-,32-,35-,36+,38+/m1/s1. The summed E-state index contributed by atoms with van der Waals surface area (Å²) in [4.78, 5) is 13.6. The predicted molar refractivity (Wildman–Crippen MR) is 171 cm³/mol. The minimum atomic E-state index is -3.73. The molecule has 4 aliphatic rings. The van der Waals surface area contributed by atoms with Crippen LogP contribution in [0.25, 0.3) is 0 Å². The second-order valence-corrected chi connectivity index (χ2v) is 15.3. The Morgan fingerprint density at radius 1 is 0.955 bits per heavy atom. The van der Waals surface area contributed by atoms with Crippen LogP contribution in [0.5, 0.6) is 5.75 Å². The van der Waals surface area contributed by atoms with Crippen molar-refractivity contribution in [1.29, 1.82) is 0 Å². The molecule has 0 spiro atoms. The third-order valence-corrected chi connectivity index (χ3v) is 12.2. The SMILES string of the molecule is Cc1ccc(S(=O)(=O)OCCCCC[C@@H]2Cc3cc(OCc4ccccc4)ccc3[C@H]3CC[C@]4(C)C(=O)C5=C(C5)[C@H]4[C@H]23)cc1. The quantitative estimate of drug-likeness (QED) is 0.162. The number of allylic oxidation sites excluding steroid dienone is 2. The van der Waals surface area contributed by atoms with Crippen LogP contribution >= 0.6 is 0 Å². The molecule has 5 nitrogen and oxygen atoms in total. The predicted octanol–water partition coefficient (Wildman–Crippen LogP) is 8.11. The van der Waals surface area contributed by atoms with Crippen LogP contribution in [-0.2, 0) is 32.1 Å². The van der Waals surface area contributed by atoms with E-state index >= 15 is 0 Å². The summed E-state index contributed by atoms with van der Waals surface area (Å²) < 4.78 is 36.8. The van der Waals surface area contributed by atoms with Crippen LogP contribution in [0.1, 0.15) is 80.0 Å². The largest absolute Gasteiger partial charge is 0.489 e. The third-order valence-electron chi connectivity index (χ3n) is 10.9. The van der Waals surface area contributed by atoms with Crippen molar-refractivity contribution in [3.63, 3.8) is 0 Å². The Labute approximate surface area is 261 Å². The summed E-state index contributed by atoms with van der Waals surface area (Å²) in [5, 5.41) is 0. The third kappa shape index (κ3) is 5.45. The van der Waals surface area contributed by atoms with Crippen LogP contribution < -0.4 is 4.74 Å². The van der Waals surface area contributed by atoms with E-state index in [0.29, 0.717) is 42.5 Å². The van der Waals surface area contributed by atoms with Gasteiger partial charge in [0, 0.05) is 5.41 Å². The van der Waals surface area contributed by atoms with E-state index in [9.17, 15) is 13.2 Å². The van der Waals surface area contributed by atoms with E-state index in [1.807, 2.05) is 25.1 Å². The number of hydrogen-bond donors (Lipinski definition) is 0. The van der Waals surface area contributed by atoms with E-state index in [1.54, 1.807) is 24.3 Å². The van der Waals surface area contributed by atoms with Gasteiger partial charge in [0.1, 0.15) is 12.4 Å². The van der Waals surface area contributed by atoms with Crippen molar-refractivity contribution in [3.05, 3.63) is 106 Å². The van der Waals surface area contributed by atoms with E-state index < -0.39 is 10.1 Å². The van der Waals surface area contributed by atoms with E-state index in [0.717, 1.165) is 67.4 Å². The summed E-state index contributed by atoms with van der Waals surface area (Å²) in [6.45, 7) is 4.92. The van der Waals surface area contributed by atoms with Crippen molar-refractivity contribution in [3.8, 4) is 5.75 Å². The fraction of sp³-hybridized carbons (Fsp3) is 0.447. The van der Waals surface area contributed by atoms with Crippen LogP contribution in [0.3, 0.4) is 0 Å². The van der Waals surface area contributed by atoms with Crippen LogP contribution in [0.2, 0.25) is 0 Å². The van der Waals surface area contributed by atoms with Crippen LogP contribution in [0.15, 0.2) is 88.8 Å². The molecule has 0 saturated heterocycles. The number of carbonyl (C=O) groups is 1. The normalized spacial score (nSPS) is 26.9. The minimum absolute atomic E-state index is 0.198. The highest BCUT2D eigenvalue weighted by Gasteiger charge is 2.63. The van der Waals surface area contributed by atoms with Crippen molar-refractivity contribution in [2.24, 2.45) is 23.2 Å². The number of rotatable bonds is 11. The highest BCUT2D eigenvalue weighted by atomic mass is 32.2. The molecule has 0 aromatic heterocycles. The molecule has 0 heterocycles. The van der Waals surface area contributed by atoms with Gasteiger partial charge in [-0.25, -0.2) is 0 Å². The molecule has 0 amide bonds. The first-order chi connectivity index (χ1) is 21.2. The molecule has 7 rings (SSSR count). The fourth-order valence-electron chi connectivity index (χ4n) is 8.60. The molecule has 4 aliphatic carbocycles. The van der Waals surface area contributed by atoms with Crippen LogP contribution in [0.4, 0.5) is 0 Å². The van der Waals surface area contributed by atoms with Gasteiger partial charge in [0.15, 0.2) is 5.78 Å². The lowest BCUT2D eigenvalue weighted by Crippen LogP contribution is -2.48. The number of aryl methyl sites for hydroxylation is 1. The fourth-order valence-corrected chi connectivity index (χ4v) is 9.54. The molecule has 0 N–H and O–H groups in total. The molecular formula is C38H42O5S. The average molecular weight is 611 g/mol. The molecule has 3 aromatic carbocycles. The van der Waals surface area contributed by atoms with Gasteiger partial charge in [0.05, 0.1) is 11.5 Å². The summed E-state index contributed by atoms with van der Waals surface area (Å²) in [5.74, 6) is 3.15. The van der Waals surface area contributed by atoms with Gasteiger partial charge in [-0.15, -0.1) is 0 Å². The minimum Gasteiger partial charge on any atom is -0.489 e. The average Bonchev–Trinajstić information content (AvgIpc) is 3.77.